The molecule has 1 amide bonds. The molecule has 0 aliphatic heterocycles. The Morgan fingerprint density at radius 1 is 0.639 bits per heavy atom. The van der Waals surface area contributed by atoms with Gasteiger partial charge in [0, 0.05) is 11.1 Å². The number of thioether (sulfide) groups is 1. The summed E-state index contributed by atoms with van der Waals surface area (Å²) >= 11 is 1.28. The SMILES string of the molecule is O=C(CSc1nnc(-c2ccccc2)c(-c2ccccc2)n1)NC(c1ccccc1)c1ccccc1. The summed E-state index contributed by atoms with van der Waals surface area (Å²) in [5.74, 6) is 0.0752. The summed E-state index contributed by atoms with van der Waals surface area (Å²) in [4.78, 5) is 17.8. The molecule has 1 aromatic heterocycles. The van der Waals surface area contributed by atoms with Gasteiger partial charge in [0.2, 0.25) is 11.1 Å². The molecule has 0 radical (unpaired) electrons. The van der Waals surface area contributed by atoms with Gasteiger partial charge in [0.25, 0.3) is 0 Å². The number of carbonyl (C=O) groups is 1. The molecule has 5 aromatic rings. The number of nitrogens with one attached hydrogen (secondary N) is 1. The standard InChI is InChI=1S/C30H24N4OS/c35-26(31-27(22-13-5-1-6-14-22)23-15-7-2-8-16-23)21-36-30-32-28(24-17-9-3-10-18-24)29(33-34-30)25-19-11-4-12-20-25/h1-20,27H,21H2,(H,31,35). The zero-order valence-electron chi connectivity index (χ0n) is 19.5. The summed E-state index contributed by atoms with van der Waals surface area (Å²) in [6.45, 7) is 0. The molecule has 6 heteroatoms. The van der Waals surface area contributed by atoms with Gasteiger partial charge >= 0.3 is 0 Å². The smallest absolute Gasteiger partial charge is 0.231 e. The van der Waals surface area contributed by atoms with E-state index in [0.717, 1.165) is 27.9 Å². The van der Waals surface area contributed by atoms with Crippen LogP contribution in [0.5, 0.6) is 0 Å². The van der Waals surface area contributed by atoms with Gasteiger partial charge < -0.3 is 5.32 Å². The molecule has 5 rings (SSSR count). The lowest BCUT2D eigenvalue weighted by atomic mass is 9.99. The van der Waals surface area contributed by atoms with E-state index < -0.39 is 0 Å². The Labute approximate surface area is 214 Å². The molecule has 0 aliphatic rings. The van der Waals surface area contributed by atoms with Crippen molar-refractivity contribution in [2.45, 2.75) is 11.2 Å². The Morgan fingerprint density at radius 3 is 1.64 bits per heavy atom. The number of hydrogen-bond donors (Lipinski definition) is 1. The fourth-order valence-corrected chi connectivity index (χ4v) is 4.54. The molecule has 0 atom stereocenters. The van der Waals surface area contributed by atoms with Crippen LogP contribution in [0.2, 0.25) is 0 Å². The quantitative estimate of drug-likeness (QED) is 0.263. The van der Waals surface area contributed by atoms with Crippen LogP contribution in [0, 0.1) is 0 Å². The number of hydrogen-bond acceptors (Lipinski definition) is 5. The first-order valence-electron chi connectivity index (χ1n) is 11.7. The predicted molar refractivity (Wildman–Crippen MR) is 144 cm³/mol. The predicted octanol–water partition coefficient (Wildman–Crippen LogP) is 6.20. The van der Waals surface area contributed by atoms with Gasteiger partial charge in [0.1, 0.15) is 11.4 Å². The summed E-state index contributed by atoms with van der Waals surface area (Å²) in [5, 5.41) is 12.5. The molecular formula is C30H24N4OS. The van der Waals surface area contributed by atoms with Crippen molar-refractivity contribution in [3.05, 3.63) is 132 Å². The van der Waals surface area contributed by atoms with E-state index in [-0.39, 0.29) is 17.7 Å². The highest BCUT2D eigenvalue weighted by Gasteiger charge is 2.18. The van der Waals surface area contributed by atoms with Gasteiger partial charge in [0.15, 0.2) is 0 Å². The van der Waals surface area contributed by atoms with Crippen LogP contribution in [0.4, 0.5) is 0 Å². The van der Waals surface area contributed by atoms with Gasteiger partial charge in [0.05, 0.1) is 11.8 Å². The van der Waals surface area contributed by atoms with Crippen molar-refractivity contribution >= 4 is 17.7 Å². The number of amides is 1. The van der Waals surface area contributed by atoms with Gasteiger partial charge in [-0.2, -0.15) is 0 Å². The fourth-order valence-electron chi connectivity index (χ4n) is 3.94. The van der Waals surface area contributed by atoms with E-state index in [1.165, 1.54) is 11.8 Å². The summed E-state index contributed by atoms with van der Waals surface area (Å²) in [7, 11) is 0. The van der Waals surface area contributed by atoms with Crippen molar-refractivity contribution in [2.24, 2.45) is 0 Å². The maximum Gasteiger partial charge on any atom is 0.231 e. The number of nitrogens with zero attached hydrogens (tertiary/aromatic N) is 3. The molecule has 0 fully saturated rings. The molecule has 36 heavy (non-hydrogen) atoms. The van der Waals surface area contributed by atoms with Crippen molar-refractivity contribution in [3.8, 4) is 22.5 Å². The van der Waals surface area contributed by atoms with Crippen molar-refractivity contribution in [1.29, 1.82) is 0 Å². The van der Waals surface area contributed by atoms with Gasteiger partial charge in [-0.05, 0) is 11.1 Å². The largest absolute Gasteiger partial charge is 0.344 e. The highest BCUT2D eigenvalue weighted by Crippen LogP contribution is 2.30. The Kier molecular flexibility index (Phi) is 7.44. The van der Waals surface area contributed by atoms with Gasteiger partial charge in [-0.15, -0.1) is 10.2 Å². The monoisotopic (exact) mass is 488 g/mol. The van der Waals surface area contributed by atoms with Gasteiger partial charge in [-0.25, -0.2) is 4.98 Å². The number of rotatable bonds is 8. The van der Waals surface area contributed by atoms with E-state index in [1.54, 1.807) is 0 Å². The van der Waals surface area contributed by atoms with Crippen LogP contribution in [0.3, 0.4) is 0 Å². The van der Waals surface area contributed by atoms with E-state index in [4.69, 9.17) is 4.98 Å². The lowest BCUT2D eigenvalue weighted by molar-refractivity contribution is -0.119. The third-order valence-electron chi connectivity index (χ3n) is 5.67. The summed E-state index contributed by atoms with van der Waals surface area (Å²) < 4.78 is 0. The lowest BCUT2D eigenvalue weighted by Gasteiger charge is -2.19. The van der Waals surface area contributed by atoms with Crippen LogP contribution >= 0.6 is 11.8 Å². The molecule has 176 valence electrons. The molecule has 4 aromatic carbocycles. The lowest BCUT2D eigenvalue weighted by Crippen LogP contribution is -2.30. The highest BCUT2D eigenvalue weighted by molar-refractivity contribution is 7.99. The summed E-state index contributed by atoms with van der Waals surface area (Å²) in [6, 6.07) is 39.5. The van der Waals surface area contributed by atoms with E-state index in [2.05, 4.69) is 15.5 Å². The third-order valence-corrected chi connectivity index (χ3v) is 6.50. The average Bonchev–Trinajstić information content (AvgIpc) is 2.96. The summed E-state index contributed by atoms with van der Waals surface area (Å²) in [5.41, 5.74) is 5.40. The molecule has 0 saturated heterocycles. The molecule has 1 heterocycles. The van der Waals surface area contributed by atoms with Crippen LogP contribution < -0.4 is 5.32 Å². The normalized spacial score (nSPS) is 10.8. The molecule has 0 bridgehead atoms. The van der Waals surface area contributed by atoms with E-state index >= 15 is 0 Å². The Hall–Kier alpha value is -4.29. The molecule has 0 saturated carbocycles. The molecule has 0 aliphatic carbocycles. The third kappa shape index (κ3) is 5.67. The van der Waals surface area contributed by atoms with Crippen molar-refractivity contribution in [2.75, 3.05) is 5.75 Å². The Bertz CT molecular complexity index is 1380. The Balaban J connectivity index is 1.36. The average molecular weight is 489 g/mol. The molecule has 5 nitrogen and oxygen atoms in total. The minimum Gasteiger partial charge on any atom is -0.344 e. The highest BCUT2D eigenvalue weighted by atomic mass is 32.2. The summed E-state index contributed by atoms with van der Waals surface area (Å²) in [6.07, 6.45) is 0. The van der Waals surface area contributed by atoms with Gasteiger partial charge in [-0.1, -0.05) is 133 Å². The van der Waals surface area contributed by atoms with E-state index in [9.17, 15) is 4.79 Å². The minimum atomic E-state index is -0.236. The number of carbonyl (C=O) groups excluding carboxylic acids is 1. The Morgan fingerprint density at radius 2 is 1.11 bits per heavy atom. The molecule has 1 N–H and O–H groups in total. The molecule has 0 unspecified atom stereocenters. The number of benzene rings is 4. The molecular weight excluding hydrogens is 464 g/mol. The fraction of sp³-hybridized carbons (Fsp3) is 0.0667. The van der Waals surface area contributed by atoms with Crippen LogP contribution in [0.25, 0.3) is 22.5 Å². The van der Waals surface area contributed by atoms with Crippen molar-refractivity contribution in [3.63, 3.8) is 0 Å². The van der Waals surface area contributed by atoms with Crippen LogP contribution in [-0.4, -0.2) is 26.8 Å². The first-order chi connectivity index (χ1) is 17.8. The maximum absolute atomic E-state index is 13.0. The second kappa shape index (κ2) is 11.4. The van der Waals surface area contributed by atoms with Crippen molar-refractivity contribution in [1.82, 2.24) is 20.5 Å². The zero-order chi connectivity index (χ0) is 24.6. The van der Waals surface area contributed by atoms with E-state index in [1.807, 2.05) is 121 Å². The van der Waals surface area contributed by atoms with E-state index in [0.29, 0.717) is 10.9 Å². The van der Waals surface area contributed by atoms with Gasteiger partial charge in [-0.3, -0.25) is 4.79 Å². The first-order valence-corrected chi connectivity index (χ1v) is 12.6. The first kappa shape index (κ1) is 23.5. The maximum atomic E-state index is 13.0. The second-order valence-corrected chi connectivity index (χ2v) is 9.08. The van der Waals surface area contributed by atoms with Crippen molar-refractivity contribution < 1.29 is 4.79 Å². The van der Waals surface area contributed by atoms with Crippen LogP contribution in [0.15, 0.2) is 126 Å². The second-order valence-electron chi connectivity index (χ2n) is 8.13. The minimum absolute atomic E-state index is 0.102. The molecule has 0 spiro atoms. The number of aromatic nitrogens is 3. The zero-order valence-corrected chi connectivity index (χ0v) is 20.3. The van der Waals surface area contributed by atoms with Crippen LogP contribution in [-0.2, 0) is 4.79 Å². The topological polar surface area (TPSA) is 67.8 Å². The van der Waals surface area contributed by atoms with Crippen LogP contribution in [0.1, 0.15) is 17.2 Å².